The van der Waals surface area contributed by atoms with E-state index in [9.17, 15) is 4.79 Å². The Morgan fingerprint density at radius 3 is 1.64 bits per heavy atom. The van der Waals surface area contributed by atoms with Crippen molar-refractivity contribution in [3.8, 4) is 0 Å². The van der Waals surface area contributed by atoms with Gasteiger partial charge in [0.15, 0.2) is 0 Å². The van der Waals surface area contributed by atoms with Gasteiger partial charge in [-0.2, -0.15) is 2.74 Å². The van der Waals surface area contributed by atoms with Crippen molar-refractivity contribution in [3.63, 3.8) is 0 Å². The third kappa shape index (κ3) is 16.4. The summed E-state index contributed by atoms with van der Waals surface area (Å²) in [5.74, 6) is -0.394. The van der Waals surface area contributed by atoms with Crippen molar-refractivity contribution in [1.29, 1.82) is 0 Å². The van der Waals surface area contributed by atoms with Crippen molar-refractivity contribution in [2.45, 2.75) is 96.3 Å². The molecule has 168 valence electrons. The number of ether oxygens (including phenoxy) is 1. The van der Waals surface area contributed by atoms with Gasteiger partial charge in [0.2, 0.25) is 0 Å². The molecular formula is C22H41NiO4P. The normalized spacial score (nSPS) is 16.8. The van der Waals surface area contributed by atoms with Gasteiger partial charge in [0.05, 0.1) is 7.11 Å². The molecule has 0 amide bonds. The molecule has 0 aromatic rings. The topological polar surface area (TPSA) is 60.4 Å². The van der Waals surface area contributed by atoms with E-state index in [-0.39, 0.29) is 23.9 Å². The molecule has 0 N–H and O–H groups in total. The summed E-state index contributed by atoms with van der Waals surface area (Å²) in [5, 5.41) is 0. The Kier molecular flexibility index (Phi) is 28.1. The van der Waals surface area contributed by atoms with Crippen LogP contribution in [0.5, 0.6) is 0 Å². The monoisotopic (exact) mass is 460 g/mol. The van der Waals surface area contributed by atoms with Crippen LogP contribution in [0, 0.1) is 0 Å². The first-order chi connectivity index (χ1) is 13.6. The number of carbonyl (C=O) groups excluding carboxylic acids is 3. The maximum Gasteiger partial charge on any atom is 2.00 e. The fraction of sp³-hybridized carbons (Fsp3) is 0.773. The number of carbonyl (C=O) groups is 1. The molecule has 0 aromatic carbocycles. The van der Waals surface area contributed by atoms with E-state index in [0.29, 0.717) is 7.92 Å². The summed E-state index contributed by atoms with van der Waals surface area (Å²) >= 11 is 0. The average molecular weight is 461 g/mol. The summed E-state index contributed by atoms with van der Waals surface area (Å²) in [6.07, 6.45) is 19.7. The second-order valence-electron chi connectivity index (χ2n) is 6.55. The van der Waals surface area contributed by atoms with Crippen LogP contribution >= 0.6 is 7.92 Å². The molecule has 2 aliphatic carbocycles. The molecule has 4 nitrogen and oxygen atoms in total. The molecule has 6 heteroatoms. The molecule has 28 heavy (non-hydrogen) atoms. The molecule has 2 aliphatic rings. The molecule has 0 saturated heterocycles. The third-order valence-corrected chi connectivity index (χ3v) is 8.81. The average Bonchev–Trinajstić information content (AvgIpc) is 2.74. The van der Waals surface area contributed by atoms with Crippen LogP contribution in [0.3, 0.4) is 0 Å². The van der Waals surface area contributed by atoms with Crippen LogP contribution in [0.1, 0.15) is 87.7 Å². The summed E-state index contributed by atoms with van der Waals surface area (Å²) < 4.78 is 14.9. The van der Waals surface area contributed by atoms with Gasteiger partial charge in [-0.3, -0.25) is 13.5 Å². The summed E-state index contributed by atoms with van der Waals surface area (Å²) in [6.45, 7) is 7.06. The summed E-state index contributed by atoms with van der Waals surface area (Å²) in [7, 11) is 1.71. The Bertz CT molecular complexity index is 379. The molecule has 0 atom stereocenters. The van der Waals surface area contributed by atoms with Crippen molar-refractivity contribution >= 4 is 27.4 Å². The standard InChI is InChI=1S/C15H29P.C4H6O2.2CHO.CH4.Ni/c1-2-13-16(14-9-5-3-6-10-14)15-11-7-4-8-12-15;1-3-4(5)6-2;2*1-2;;/h14-15H,2-13H2,1H3;3H,1H2,2H3;2*1H;1H4;/q;;2*-1;;+2/i;;2*1D;;. The summed E-state index contributed by atoms with van der Waals surface area (Å²) in [4.78, 5) is 26.5. The van der Waals surface area contributed by atoms with Crippen LogP contribution in [0.15, 0.2) is 12.7 Å². The van der Waals surface area contributed by atoms with Crippen LogP contribution in [-0.2, 0) is 35.6 Å². The van der Waals surface area contributed by atoms with Gasteiger partial charge < -0.3 is 14.3 Å². The number of hydrogen-bond acceptors (Lipinski definition) is 4. The zero-order valence-electron chi connectivity index (χ0n) is 18.8. The van der Waals surface area contributed by atoms with Gasteiger partial charge in [-0.15, -0.1) is 7.92 Å². The van der Waals surface area contributed by atoms with Crippen molar-refractivity contribution in [1.82, 2.24) is 0 Å². The van der Waals surface area contributed by atoms with E-state index >= 15 is 0 Å². The zero-order chi connectivity index (χ0) is 21.6. The maximum atomic E-state index is 9.84. The van der Waals surface area contributed by atoms with Crippen molar-refractivity contribution in [2.75, 3.05) is 13.3 Å². The molecule has 0 bridgehead atoms. The number of methoxy groups -OCH3 is 1. The quantitative estimate of drug-likeness (QED) is 0.126. The van der Waals surface area contributed by atoms with Crippen LogP contribution < -0.4 is 0 Å². The summed E-state index contributed by atoms with van der Waals surface area (Å²) in [6, 6.07) is 0. The Hall–Kier alpha value is -0.526. The van der Waals surface area contributed by atoms with Crippen molar-refractivity contribution < 1.29 is 38.4 Å². The number of hydrogen-bond donors (Lipinski definition) is 0. The molecule has 2 saturated carbocycles. The van der Waals surface area contributed by atoms with Gasteiger partial charge in [-0.05, 0) is 43.2 Å². The second-order valence-corrected chi connectivity index (χ2v) is 9.49. The first-order valence-electron chi connectivity index (χ1n) is 10.6. The van der Waals surface area contributed by atoms with Crippen LogP contribution in [-0.4, -0.2) is 44.1 Å². The molecule has 0 unspecified atom stereocenters. The van der Waals surface area contributed by atoms with E-state index in [1.165, 1.54) is 37.7 Å². The van der Waals surface area contributed by atoms with E-state index in [4.69, 9.17) is 12.3 Å². The first-order valence-corrected chi connectivity index (χ1v) is 11.3. The molecule has 0 aliphatic heterocycles. The molecule has 0 heterocycles. The van der Waals surface area contributed by atoms with Crippen LogP contribution in [0.4, 0.5) is 0 Å². The van der Waals surface area contributed by atoms with Gasteiger partial charge in [0, 0.05) is 6.08 Å². The summed E-state index contributed by atoms with van der Waals surface area (Å²) in [5.41, 5.74) is 2.35. The predicted molar refractivity (Wildman–Crippen MR) is 118 cm³/mol. The van der Waals surface area contributed by atoms with Gasteiger partial charge in [-0.25, -0.2) is 4.79 Å². The molecule has 0 aromatic heterocycles. The zero-order valence-corrected chi connectivity index (χ0v) is 18.7. The molecule has 2 fully saturated rings. The van der Waals surface area contributed by atoms with E-state index in [0.717, 1.165) is 19.6 Å². The SMILES string of the molecule is C.C=CC(=O)OC.CCCP(C1CCCCC1)C1CCCCC1.[2H][C-]=O.[2H][C-]=O.[Ni+2]. The fourth-order valence-electron chi connectivity index (χ4n) is 3.83. The molecule has 2 rings (SSSR count). The predicted octanol–water partition coefficient (Wildman–Crippen LogP) is 5.97. The minimum atomic E-state index is -0.394. The Morgan fingerprint density at radius 1 is 1.07 bits per heavy atom. The van der Waals surface area contributed by atoms with E-state index in [1.54, 1.807) is 57.5 Å². The Balaban J connectivity index is -0.000000204. The Morgan fingerprint density at radius 2 is 1.43 bits per heavy atom. The van der Waals surface area contributed by atoms with E-state index < -0.39 is 5.97 Å². The van der Waals surface area contributed by atoms with E-state index in [2.05, 4.69) is 18.2 Å². The number of esters is 1. The van der Waals surface area contributed by atoms with Crippen LogP contribution in [0.25, 0.3) is 0 Å². The van der Waals surface area contributed by atoms with Crippen molar-refractivity contribution in [2.24, 2.45) is 0 Å². The molecular weight excluding hydrogens is 418 g/mol. The largest absolute Gasteiger partial charge is 2.00 e. The number of rotatable bonds is 5. The van der Waals surface area contributed by atoms with Gasteiger partial charge >= 0.3 is 22.5 Å². The van der Waals surface area contributed by atoms with Crippen molar-refractivity contribution in [3.05, 3.63) is 12.7 Å². The minimum Gasteiger partial charge on any atom is -0.545 e. The first kappa shape index (κ1) is 29.7. The third-order valence-electron chi connectivity index (χ3n) is 4.94. The molecule has 0 spiro atoms. The second kappa shape index (κ2) is 26.5. The van der Waals surface area contributed by atoms with Gasteiger partial charge in [-0.1, -0.05) is 65.9 Å². The minimum absolute atomic E-state index is 0. The Labute approximate surface area is 188 Å². The van der Waals surface area contributed by atoms with Gasteiger partial charge in [0.1, 0.15) is 0 Å². The van der Waals surface area contributed by atoms with Gasteiger partial charge in [0.25, 0.3) is 0 Å². The maximum absolute atomic E-state index is 9.84. The smallest absolute Gasteiger partial charge is 0.545 e. The fourth-order valence-corrected chi connectivity index (χ4v) is 7.73. The van der Waals surface area contributed by atoms with Crippen LogP contribution in [0.2, 0.25) is 0 Å². The van der Waals surface area contributed by atoms with E-state index in [1.807, 2.05) is 0 Å². The molecule has 0 radical (unpaired) electrons.